The summed E-state index contributed by atoms with van der Waals surface area (Å²) in [7, 11) is -4.05. The van der Waals surface area contributed by atoms with Crippen molar-refractivity contribution in [3.8, 4) is 0 Å². The van der Waals surface area contributed by atoms with Crippen molar-refractivity contribution in [1.82, 2.24) is 4.72 Å². The molecule has 8 heteroatoms. The molecule has 0 fully saturated rings. The lowest BCUT2D eigenvalue weighted by molar-refractivity contribution is -0.144. The average molecular weight is 480 g/mol. The summed E-state index contributed by atoms with van der Waals surface area (Å²) in [6, 6.07) is 24.2. The Hall–Kier alpha value is -3.78. The predicted molar refractivity (Wildman–Crippen MR) is 128 cm³/mol. The summed E-state index contributed by atoms with van der Waals surface area (Å²) in [5.74, 6) is -3.03. The van der Waals surface area contributed by atoms with Gasteiger partial charge in [-0.05, 0) is 24.1 Å². The molecule has 0 unspecified atom stereocenters. The molecule has 3 aromatic rings. The van der Waals surface area contributed by atoms with Gasteiger partial charge in [0, 0.05) is 11.1 Å². The van der Waals surface area contributed by atoms with Crippen molar-refractivity contribution >= 4 is 27.7 Å². The van der Waals surface area contributed by atoms with E-state index in [1.165, 1.54) is 0 Å². The largest absolute Gasteiger partial charge is 0.461 e. The predicted octanol–water partition coefficient (Wildman–Crippen LogP) is 3.60. The van der Waals surface area contributed by atoms with Crippen LogP contribution in [0.25, 0.3) is 0 Å². The minimum atomic E-state index is -4.05. The van der Waals surface area contributed by atoms with Crippen molar-refractivity contribution in [2.45, 2.75) is 25.9 Å². The van der Waals surface area contributed by atoms with E-state index < -0.39 is 33.6 Å². The summed E-state index contributed by atoms with van der Waals surface area (Å²) in [6.07, 6.45) is -0.384. The fraction of sp³-hybridized carbons (Fsp3) is 0.192. The highest BCUT2D eigenvalue weighted by Crippen LogP contribution is 2.19. The van der Waals surface area contributed by atoms with Crippen molar-refractivity contribution in [1.29, 1.82) is 0 Å². The Balaban J connectivity index is 1.56. The molecule has 1 N–H and O–H groups in total. The zero-order valence-electron chi connectivity index (χ0n) is 18.6. The summed E-state index contributed by atoms with van der Waals surface area (Å²) in [4.78, 5) is 37.1. The third-order valence-electron chi connectivity index (χ3n) is 5.15. The second kappa shape index (κ2) is 11.4. The lowest BCUT2D eigenvalue weighted by Gasteiger charge is -2.14. The Bertz CT molecular complexity index is 1260. The number of amides is 1. The van der Waals surface area contributed by atoms with Crippen LogP contribution in [0.5, 0.6) is 0 Å². The van der Waals surface area contributed by atoms with E-state index in [0.29, 0.717) is 16.7 Å². The van der Waals surface area contributed by atoms with E-state index in [0.717, 1.165) is 5.56 Å². The van der Waals surface area contributed by atoms with Crippen LogP contribution in [0.15, 0.2) is 84.9 Å². The van der Waals surface area contributed by atoms with Crippen molar-refractivity contribution in [3.05, 3.63) is 107 Å². The number of ether oxygens (including phenoxy) is 1. The van der Waals surface area contributed by atoms with Crippen molar-refractivity contribution in [2.75, 3.05) is 5.75 Å². The minimum Gasteiger partial charge on any atom is -0.461 e. The van der Waals surface area contributed by atoms with Gasteiger partial charge in [-0.3, -0.25) is 19.1 Å². The van der Waals surface area contributed by atoms with Crippen molar-refractivity contribution in [3.63, 3.8) is 0 Å². The van der Waals surface area contributed by atoms with Gasteiger partial charge in [-0.25, -0.2) is 8.42 Å². The van der Waals surface area contributed by atoms with Gasteiger partial charge in [-0.15, -0.1) is 0 Å². The molecule has 0 radical (unpaired) electrons. The molecule has 0 bridgehead atoms. The molecule has 0 aromatic heterocycles. The van der Waals surface area contributed by atoms with E-state index in [2.05, 4.69) is 0 Å². The Labute approximate surface area is 198 Å². The molecule has 1 atom stereocenters. The highest BCUT2D eigenvalue weighted by Gasteiger charge is 2.23. The Morgan fingerprint density at radius 2 is 1.47 bits per heavy atom. The first-order valence-electron chi connectivity index (χ1n) is 10.7. The van der Waals surface area contributed by atoms with Gasteiger partial charge < -0.3 is 4.74 Å². The van der Waals surface area contributed by atoms with Gasteiger partial charge in [0.15, 0.2) is 5.78 Å². The van der Waals surface area contributed by atoms with E-state index in [1.807, 2.05) is 16.9 Å². The molecule has 0 heterocycles. The maximum absolute atomic E-state index is 12.7. The zero-order valence-corrected chi connectivity index (χ0v) is 19.5. The lowest BCUT2D eigenvalue weighted by atomic mass is 9.95. The average Bonchev–Trinajstić information content (AvgIpc) is 2.86. The molecule has 176 valence electrons. The number of rotatable bonds is 10. The zero-order chi connectivity index (χ0) is 24.6. The van der Waals surface area contributed by atoms with Crippen LogP contribution in [-0.4, -0.2) is 31.8 Å². The summed E-state index contributed by atoms with van der Waals surface area (Å²) in [5, 5.41) is 0. The van der Waals surface area contributed by atoms with Gasteiger partial charge in [0.25, 0.3) is 0 Å². The molecule has 0 aliphatic carbocycles. The van der Waals surface area contributed by atoms with Crippen LogP contribution in [-0.2, 0) is 31.0 Å². The maximum atomic E-state index is 12.7. The summed E-state index contributed by atoms with van der Waals surface area (Å²) in [6.45, 7) is 1.59. The van der Waals surface area contributed by atoms with Crippen LogP contribution in [0, 0.1) is 0 Å². The first-order valence-corrected chi connectivity index (χ1v) is 12.3. The van der Waals surface area contributed by atoms with E-state index in [4.69, 9.17) is 4.74 Å². The van der Waals surface area contributed by atoms with Crippen molar-refractivity contribution < 1.29 is 27.5 Å². The van der Waals surface area contributed by atoms with Gasteiger partial charge >= 0.3 is 5.97 Å². The quantitative estimate of drug-likeness (QED) is 0.352. The van der Waals surface area contributed by atoms with E-state index in [1.54, 1.807) is 79.7 Å². The first kappa shape index (κ1) is 24.9. The highest BCUT2D eigenvalue weighted by atomic mass is 32.2. The second-order valence-electron chi connectivity index (χ2n) is 7.72. The molecule has 34 heavy (non-hydrogen) atoms. The van der Waals surface area contributed by atoms with E-state index in [-0.39, 0.29) is 18.8 Å². The van der Waals surface area contributed by atoms with E-state index >= 15 is 0 Å². The molecule has 0 aliphatic rings. The lowest BCUT2D eigenvalue weighted by Crippen LogP contribution is -2.36. The highest BCUT2D eigenvalue weighted by molar-refractivity contribution is 7.90. The number of esters is 1. The number of hydrogen-bond acceptors (Lipinski definition) is 6. The third kappa shape index (κ3) is 7.11. The monoisotopic (exact) mass is 479 g/mol. The van der Waals surface area contributed by atoms with Crippen LogP contribution < -0.4 is 4.72 Å². The smallest absolute Gasteiger partial charge is 0.307 e. The first-order chi connectivity index (χ1) is 16.2. The molecule has 0 spiro atoms. The summed E-state index contributed by atoms with van der Waals surface area (Å²) in [5.41, 5.74) is 2.19. The molecule has 7 nitrogen and oxygen atoms in total. The maximum Gasteiger partial charge on any atom is 0.307 e. The summed E-state index contributed by atoms with van der Waals surface area (Å²) >= 11 is 0. The molecule has 1 amide bonds. The van der Waals surface area contributed by atoms with Crippen LogP contribution in [0.4, 0.5) is 0 Å². The SMILES string of the molecule is C[C@@H](C(=O)NS(=O)(=O)CCC(=O)OCc1ccccc1)c1cccc(C(=O)c2ccccc2)c1. The number of nitrogens with one attached hydrogen (secondary N) is 1. The number of carbonyl (C=O) groups excluding carboxylic acids is 3. The van der Waals surface area contributed by atoms with Crippen molar-refractivity contribution in [2.24, 2.45) is 0 Å². The van der Waals surface area contributed by atoms with Gasteiger partial charge in [-0.2, -0.15) is 0 Å². The van der Waals surface area contributed by atoms with Gasteiger partial charge in [0.1, 0.15) is 6.61 Å². The standard InChI is InChI=1S/C26H25NO6S/c1-19(22-13-8-14-23(17-22)25(29)21-11-6-3-7-12-21)26(30)27-34(31,32)16-15-24(28)33-18-20-9-4-2-5-10-20/h2-14,17,19H,15-16,18H2,1H3,(H,27,30)/t19-/m1/s1. The van der Waals surface area contributed by atoms with Crippen LogP contribution in [0.1, 0.15) is 46.3 Å². The van der Waals surface area contributed by atoms with E-state index in [9.17, 15) is 22.8 Å². The van der Waals surface area contributed by atoms with Crippen LogP contribution in [0.3, 0.4) is 0 Å². The normalized spacial score (nSPS) is 11.9. The van der Waals surface area contributed by atoms with Crippen LogP contribution >= 0.6 is 0 Å². The molecular weight excluding hydrogens is 454 g/mol. The Morgan fingerprint density at radius 3 is 2.15 bits per heavy atom. The molecule has 3 rings (SSSR count). The topological polar surface area (TPSA) is 107 Å². The summed E-state index contributed by atoms with van der Waals surface area (Å²) < 4.78 is 31.7. The second-order valence-corrected chi connectivity index (χ2v) is 9.57. The number of sulfonamides is 1. The van der Waals surface area contributed by atoms with Gasteiger partial charge in [0.05, 0.1) is 18.1 Å². The Kier molecular flexibility index (Phi) is 8.32. The van der Waals surface area contributed by atoms with Crippen LogP contribution in [0.2, 0.25) is 0 Å². The Morgan fingerprint density at radius 1 is 0.853 bits per heavy atom. The number of ketones is 1. The fourth-order valence-corrected chi connectivity index (χ4v) is 4.20. The van der Waals surface area contributed by atoms with Gasteiger partial charge in [0.2, 0.25) is 15.9 Å². The number of hydrogen-bond donors (Lipinski definition) is 1. The number of carbonyl (C=O) groups is 3. The molecule has 0 saturated heterocycles. The van der Waals surface area contributed by atoms with Gasteiger partial charge in [-0.1, -0.05) is 78.9 Å². The minimum absolute atomic E-state index is 0.0428. The fourth-order valence-electron chi connectivity index (χ4n) is 3.18. The molecule has 0 saturated carbocycles. The molecular formula is C26H25NO6S. The number of benzene rings is 3. The third-order valence-corrected chi connectivity index (χ3v) is 6.41. The molecule has 3 aromatic carbocycles. The molecule has 0 aliphatic heterocycles.